The minimum atomic E-state index is 0.0817. The first-order chi connectivity index (χ1) is 7.57. The summed E-state index contributed by atoms with van der Waals surface area (Å²) in [7, 11) is 3.54. The summed E-state index contributed by atoms with van der Waals surface area (Å²) in [4.78, 5) is 11.6. The first-order valence-electron chi connectivity index (χ1n) is 5.20. The molecule has 1 heterocycles. The second-order valence-corrected chi connectivity index (χ2v) is 3.95. The lowest BCUT2D eigenvalue weighted by Crippen LogP contribution is -2.03. The maximum Gasteiger partial charge on any atom is 0.176 e. The van der Waals surface area contributed by atoms with Gasteiger partial charge in [-0.05, 0) is 18.6 Å². The molecule has 1 aromatic heterocycles. The van der Waals surface area contributed by atoms with Crippen LogP contribution in [0, 0.1) is 6.92 Å². The Labute approximate surface area is 94.6 Å². The highest BCUT2D eigenvalue weighted by Crippen LogP contribution is 2.31. The van der Waals surface area contributed by atoms with Crippen LogP contribution in [0.5, 0.6) is 5.75 Å². The van der Waals surface area contributed by atoms with Gasteiger partial charge in [0, 0.05) is 19.4 Å². The fraction of sp³-hybridized carbons (Fsp3) is 0.308. The summed E-state index contributed by atoms with van der Waals surface area (Å²) in [6, 6.07) is 5.86. The van der Waals surface area contributed by atoms with E-state index in [9.17, 15) is 4.79 Å². The van der Waals surface area contributed by atoms with E-state index in [1.54, 1.807) is 14.0 Å². The van der Waals surface area contributed by atoms with Gasteiger partial charge >= 0.3 is 0 Å². The maximum atomic E-state index is 11.6. The van der Waals surface area contributed by atoms with Crippen molar-refractivity contribution in [2.24, 2.45) is 7.05 Å². The minimum Gasteiger partial charge on any atom is -0.495 e. The summed E-state index contributed by atoms with van der Waals surface area (Å²) in [6.07, 6.45) is 0. The van der Waals surface area contributed by atoms with Crippen LogP contribution in [-0.4, -0.2) is 17.5 Å². The SMILES string of the molecule is COc1cccc2c(C)c(C(C)=O)n(C)c12. The number of fused-ring (bicyclic) bond motifs is 1. The fourth-order valence-electron chi connectivity index (χ4n) is 2.33. The van der Waals surface area contributed by atoms with Crippen molar-refractivity contribution in [1.29, 1.82) is 0 Å². The van der Waals surface area contributed by atoms with Crippen molar-refractivity contribution < 1.29 is 9.53 Å². The number of nitrogens with zero attached hydrogens (tertiary/aromatic N) is 1. The van der Waals surface area contributed by atoms with Gasteiger partial charge in [0.1, 0.15) is 5.75 Å². The molecule has 84 valence electrons. The van der Waals surface area contributed by atoms with Gasteiger partial charge in [-0.25, -0.2) is 0 Å². The predicted molar refractivity (Wildman–Crippen MR) is 64.2 cm³/mol. The Morgan fingerprint density at radius 1 is 1.38 bits per heavy atom. The van der Waals surface area contributed by atoms with Crippen molar-refractivity contribution in [2.45, 2.75) is 13.8 Å². The van der Waals surface area contributed by atoms with Crippen molar-refractivity contribution in [3.63, 3.8) is 0 Å². The number of carbonyl (C=O) groups excluding carboxylic acids is 1. The summed E-state index contributed by atoms with van der Waals surface area (Å²) in [5, 5.41) is 1.08. The van der Waals surface area contributed by atoms with Gasteiger partial charge in [-0.3, -0.25) is 4.79 Å². The number of aromatic nitrogens is 1. The zero-order valence-electron chi connectivity index (χ0n) is 10.00. The number of benzene rings is 1. The first kappa shape index (κ1) is 10.7. The van der Waals surface area contributed by atoms with Crippen LogP contribution < -0.4 is 4.74 Å². The number of ketones is 1. The Morgan fingerprint density at radius 3 is 2.62 bits per heavy atom. The number of ether oxygens (including phenoxy) is 1. The highest BCUT2D eigenvalue weighted by molar-refractivity contribution is 6.02. The van der Waals surface area contributed by atoms with Crippen LogP contribution in [0.3, 0.4) is 0 Å². The number of para-hydroxylation sites is 1. The first-order valence-corrected chi connectivity index (χ1v) is 5.20. The molecule has 0 aliphatic carbocycles. The molecule has 0 atom stereocenters. The van der Waals surface area contributed by atoms with Crippen LogP contribution in [0.2, 0.25) is 0 Å². The number of carbonyl (C=O) groups is 1. The van der Waals surface area contributed by atoms with E-state index in [1.165, 1.54) is 0 Å². The predicted octanol–water partition coefficient (Wildman–Crippen LogP) is 2.70. The van der Waals surface area contributed by atoms with E-state index in [0.717, 1.165) is 27.9 Å². The van der Waals surface area contributed by atoms with E-state index in [-0.39, 0.29) is 5.78 Å². The highest BCUT2D eigenvalue weighted by Gasteiger charge is 2.17. The Hall–Kier alpha value is -1.77. The lowest BCUT2D eigenvalue weighted by molar-refractivity contribution is 0.101. The van der Waals surface area contributed by atoms with Gasteiger partial charge in [-0.2, -0.15) is 0 Å². The molecule has 0 radical (unpaired) electrons. The molecule has 0 aliphatic heterocycles. The van der Waals surface area contributed by atoms with Crippen molar-refractivity contribution in [3.8, 4) is 5.75 Å². The van der Waals surface area contributed by atoms with Gasteiger partial charge in [0.2, 0.25) is 0 Å². The molecule has 0 saturated carbocycles. The Bertz CT molecular complexity index is 567. The number of Topliss-reactive ketones (excluding diaryl/α,β-unsaturated/α-hetero) is 1. The van der Waals surface area contributed by atoms with Crippen LogP contribution in [0.25, 0.3) is 10.9 Å². The van der Waals surface area contributed by atoms with Crippen molar-refractivity contribution in [1.82, 2.24) is 4.57 Å². The fourth-order valence-corrected chi connectivity index (χ4v) is 2.33. The standard InChI is InChI=1S/C13H15NO2/c1-8-10-6-5-7-11(16-4)13(10)14(3)12(8)9(2)15/h5-7H,1-4H3. The van der Waals surface area contributed by atoms with Crippen LogP contribution >= 0.6 is 0 Å². The van der Waals surface area contributed by atoms with E-state index >= 15 is 0 Å². The summed E-state index contributed by atoms with van der Waals surface area (Å²) in [5.41, 5.74) is 2.75. The summed E-state index contributed by atoms with van der Waals surface area (Å²) < 4.78 is 7.23. The van der Waals surface area contributed by atoms with E-state index in [2.05, 4.69) is 0 Å². The molecule has 2 rings (SSSR count). The third-order valence-corrected chi connectivity index (χ3v) is 2.98. The van der Waals surface area contributed by atoms with E-state index in [1.807, 2.05) is 36.7 Å². The Balaban J connectivity index is 2.93. The molecular weight excluding hydrogens is 202 g/mol. The molecule has 0 saturated heterocycles. The normalized spacial score (nSPS) is 10.8. The van der Waals surface area contributed by atoms with Gasteiger partial charge in [-0.15, -0.1) is 0 Å². The molecule has 0 fully saturated rings. The molecular formula is C13H15NO2. The smallest absolute Gasteiger partial charge is 0.176 e. The average Bonchev–Trinajstić information content (AvgIpc) is 2.51. The number of hydrogen-bond donors (Lipinski definition) is 0. The van der Waals surface area contributed by atoms with Gasteiger partial charge in [0.05, 0.1) is 18.3 Å². The van der Waals surface area contributed by atoms with Crippen molar-refractivity contribution in [3.05, 3.63) is 29.5 Å². The molecule has 3 heteroatoms. The second kappa shape index (κ2) is 3.67. The topological polar surface area (TPSA) is 31.2 Å². The lowest BCUT2D eigenvalue weighted by Gasteiger charge is -2.05. The molecule has 0 spiro atoms. The largest absolute Gasteiger partial charge is 0.495 e. The third-order valence-electron chi connectivity index (χ3n) is 2.98. The highest BCUT2D eigenvalue weighted by atomic mass is 16.5. The van der Waals surface area contributed by atoms with Crippen LogP contribution in [0.1, 0.15) is 23.0 Å². The summed E-state index contributed by atoms with van der Waals surface area (Å²) in [5.74, 6) is 0.883. The molecule has 1 aromatic carbocycles. The van der Waals surface area contributed by atoms with Gasteiger partial charge in [-0.1, -0.05) is 12.1 Å². The number of aryl methyl sites for hydroxylation is 2. The van der Waals surface area contributed by atoms with Gasteiger partial charge in [0.25, 0.3) is 0 Å². The monoisotopic (exact) mass is 217 g/mol. The Kier molecular flexibility index (Phi) is 2.46. The van der Waals surface area contributed by atoms with Crippen LogP contribution in [0.4, 0.5) is 0 Å². The molecule has 0 aliphatic rings. The van der Waals surface area contributed by atoms with E-state index in [4.69, 9.17) is 4.74 Å². The summed E-state index contributed by atoms with van der Waals surface area (Å²) in [6.45, 7) is 3.56. The zero-order valence-corrected chi connectivity index (χ0v) is 10.00. The maximum absolute atomic E-state index is 11.6. The third kappa shape index (κ3) is 1.32. The van der Waals surface area contributed by atoms with Gasteiger partial charge in [0.15, 0.2) is 5.78 Å². The van der Waals surface area contributed by atoms with Crippen molar-refractivity contribution >= 4 is 16.7 Å². The van der Waals surface area contributed by atoms with E-state index in [0.29, 0.717) is 0 Å². The molecule has 16 heavy (non-hydrogen) atoms. The Morgan fingerprint density at radius 2 is 2.06 bits per heavy atom. The molecule has 0 N–H and O–H groups in total. The zero-order chi connectivity index (χ0) is 11.9. The molecule has 3 nitrogen and oxygen atoms in total. The van der Waals surface area contributed by atoms with Crippen LogP contribution in [-0.2, 0) is 7.05 Å². The van der Waals surface area contributed by atoms with Crippen LogP contribution in [0.15, 0.2) is 18.2 Å². The number of hydrogen-bond acceptors (Lipinski definition) is 2. The quantitative estimate of drug-likeness (QED) is 0.724. The van der Waals surface area contributed by atoms with E-state index < -0.39 is 0 Å². The van der Waals surface area contributed by atoms with Gasteiger partial charge < -0.3 is 9.30 Å². The second-order valence-electron chi connectivity index (χ2n) is 3.95. The molecule has 0 amide bonds. The minimum absolute atomic E-state index is 0.0817. The summed E-state index contributed by atoms with van der Waals surface area (Å²) >= 11 is 0. The molecule has 0 unspecified atom stereocenters. The number of methoxy groups -OCH3 is 1. The molecule has 2 aromatic rings. The number of rotatable bonds is 2. The molecule has 0 bridgehead atoms. The lowest BCUT2D eigenvalue weighted by atomic mass is 10.1. The van der Waals surface area contributed by atoms with Crippen molar-refractivity contribution in [2.75, 3.05) is 7.11 Å². The average molecular weight is 217 g/mol.